The Hall–Kier alpha value is -0.670. The number of alkyl halides is 2. The van der Waals surface area contributed by atoms with Gasteiger partial charge < -0.3 is 5.73 Å². The van der Waals surface area contributed by atoms with Gasteiger partial charge in [-0.1, -0.05) is 6.92 Å². The zero-order chi connectivity index (χ0) is 8.36. The lowest BCUT2D eigenvalue weighted by Crippen LogP contribution is -2.39. The molecular formula is C6H11F2NO. The van der Waals surface area contributed by atoms with Gasteiger partial charge in [0.05, 0.1) is 0 Å². The molecule has 0 aromatic heterocycles. The van der Waals surface area contributed by atoms with Gasteiger partial charge in [-0.15, -0.1) is 0 Å². The van der Waals surface area contributed by atoms with Crippen LogP contribution in [0.3, 0.4) is 0 Å². The minimum absolute atomic E-state index is 0.0694. The highest BCUT2D eigenvalue weighted by atomic mass is 19.3. The minimum Gasteiger partial charge on any atom is -0.369 e. The predicted octanol–water partition coefficient (Wildman–Crippen LogP) is 1.15. The van der Waals surface area contributed by atoms with Crippen molar-refractivity contribution >= 4 is 5.91 Å². The van der Waals surface area contributed by atoms with Crippen molar-refractivity contribution in [3.05, 3.63) is 0 Å². The lowest BCUT2D eigenvalue weighted by atomic mass is 9.87. The Balaban J connectivity index is 4.38. The van der Waals surface area contributed by atoms with E-state index in [9.17, 15) is 13.6 Å². The largest absolute Gasteiger partial charge is 0.369 e. The highest BCUT2D eigenvalue weighted by molar-refractivity contribution is 5.80. The molecule has 0 aromatic carbocycles. The highest BCUT2D eigenvalue weighted by Gasteiger charge is 2.38. The van der Waals surface area contributed by atoms with Crippen LogP contribution in [-0.4, -0.2) is 12.3 Å². The molecule has 0 saturated heterocycles. The summed E-state index contributed by atoms with van der Waals surface area (Å²) >= 11 is 0. The SMILES string of the molecule is CC[C@](C)(C(N)=O)C(F)F. The fourth-order valence-corrected chi connectivity index (χ4v) is 0.436. The molecule has 2 N–H and O–H groups in total. The number of rotatable bonds is 3. The number of hydrogen-bond donors (Lipinski definition) is 1. The van der Waals surface area contributed by atoms with Crippen LogP contribution in [0, 0.1) is 5.41 Å². The number of amides is 1. The Morgan fingerprint density at radius 1 is 1.70 bits per heavy atom. The van der Waals surface area contributed by atoms with Crippen LogP contribution in [0.1, 0.15) is 20.3 Å². The van der Waals surface area contributed by atoms with E-state index in [-0.39, 0.29) is 6.42 Å². The Morgan fingerprint density at radius 3 is 2.10 bits per heavy atom. The number of halogens is 2. The monoisotopic (exact) mass is 151 g/mol. The Kier molecular flexibility index (Phi) is 2.75. The second-order valence-corrected chi connectivity index (χ2v) is 2.44. The van der Waals surface area contributed by atoms with Gasteiger partial charge in [0.2, 0.25) is 5.91 Å². The fraction of sp³-hybridized carbons (Fsp3) is 0.833. The molecule has 0 heterocycles. The van der Waals surface area contributed by atoms with Crippen LogP contribution in [0.2, 0.25) is 0 Å². The van der Waals surface area contributed by atoms with Gasteiger partial charge in [-0.25, -0.2) is 8.78 Å². The van der Waals surface area contributed by atoms with Crippen molar-refractivity contribution in [3.8, 4) is 0 Å². The van der Waals surface area contributed by atoms with E-state index in [1.54, 1.807) is 0 Å². The molecule has 10 heavy (non-hydrogen) atoms. The number of hydrogen-bond acceptors (Lipinski definition) is 1. The first-order chi connectivity index (χ1) is 4.45. The molecule has 1 amide bonds. The number of carbonyl (C=O) groups excluding carboxylic acids is 1. The first-order valence-electron chi connectivity index (χ1n) is 3.03. The van der Waals surface area contributed by atoms with Crippen LogP contribution in [-0.2, 0) is 4.79 Å². The maximum absolute atomic E-state index is 12.0. The number of carbonyl (C=O) groups is 1. The van der Waals surface area contributed by atoms with Crippen molar-refractivity contribution < 1.29 is 13.6 Å². The minimum atomic E-state index is -2.67. The van der Waals surface area contributed by atoms with E-state index in [1.165, 1.54) is 13.8 Å². The van der Waals surface area contributed by atoms with Gasteiger partial charge in [-0.05, 0) is 13.3 Å². The van der Waals surface area contributed by atoms with Crippen molar-refractivity contribution in [1.29, 1.82) is 0 Å². The molecule has 1 atom stereocenters. The van der Waals surface area contributed by atoms with Gasteiger partial charge in [-0.3, -0.25) is 4.79 Å². The van der Waals surface area contributed by atoms with Crippen LogP contribution in [0.5, 0.6) is 0 Å². The summed E-state index contributed by atoms with van der Waals surface area (Å²) in [6, 6.07) is 0. The zero-order valence-electron chi connectivity index (χ0n) is 6.03. The van der Waals surface area contributed by atoms with Crippen molar-refractivity contribution in [2.75, 3.05) is 0 Å². The quantitative estimate of drug-likeness (QED) is 0.646. The van der Waals surface area contributed by atoms with Gasteiger partial charge in [0.1, 0.15) is 5.41 Å². The fourth-order valence-electron chi connectivity index (χ4n) is 0.436. The Morgan fingerprint density at radius 2 is 2.10 bits per heavy atom. The topological polar surface area (TPSA) is 43.1 Å². The summed E-state index contributed by atoms with van der Waals surface area (Å²) in [5.74, 6) is -0.940. The highest BCUT2D eigenvalue weighted by Crippen LogP contribution is 2.28. The molecular weight excluding hydrogens is 140 g/mol. The molecule has 60 valence electrons. The van der Waals surface area contributed by atoms with E-state index in [0.29, 0.717) is 0 Å². The van der Waals surface area contributed by atoms with E-state index in [0.717, 1.165) is 0 Å². The Bertz CT molecular complexity index is 138. The molecule has 0 saturated carbocycles. The van der Waals surface area contributed by atoms with E-state index in [2.05, 4.69) is 0 Å². The molecule has 0 radical (unpaired) electrons. The molecule has 0 spiro atoms. The van der Waals surface area contributed by atoms with Gasteiger partial charge in [0.25, 0.3) is 6.43 Å². The summed E-state index contributed by atoms with van der Waals surface area (Å²) in [4.78, 5) is 10.4. The van der Waals surface area contributed by atoms with Crippen LogP contribution in [0.25, 0.3) is 0 Å². The Labute approximate surface area is 58.4 Å². The van der Waals surface area contributed by atoms with Gasteiger partial charge in [0, 0.05) is 0 Å². The molecule has 0 aliphatic rings. The van der Waals surface area contributed by atoms with Gasteiger partial charge in [0.15, 0.2) is 0 Å². The van der Waals surface area contributed by atoms with E-state index in [4.69, 9.17) is 5.73 Å². The lowest BCUT2D eigenvalue weighted by Gasteiger charge is -2.22. The van der Waals surface area contributed by atoms with Crippen molar-refractivity contribution in [2.24, 2.45) is 11.1 Å². The molecule has 0 aromatic rings. The van der Waals surface area contributed by atoms with Crippen molar-refractivity contribution in [1.82, 2.24) is 0 Å². The molecule has 2 nitrogen and oxygen atoms in total. The van der Waals surface area contributed by atoms with Gasteiger partial charge in [-0.2, -0.15) is 0 Å². The summed E-state index contributed by atoms with van der Waals surface area (Å²) in [6.45, 7) is 2.68. The van der Waals surface area contributed by atoms with Crippen LogP contribution < -0.4 is 5.73 Å². The first kappa shape index (κ1) is 9.33. The maximum atomic E-state index is 12.0. The third-order valence-electron chi connectivity index (χ3n) is 1.78. The molecule has 0 bridgehead atoms. The van der Waals surface area contributed by atoms with Gasteiger partial charge >= 0.3 is 0 Å². The van der Waals surface area contributed by atoms with Crippen molar-refractivity contribution in [3.63, 3.8) is 0 Å². The number of nitrogens with two attached hydrogens (primary N) is 1. The molecule has 0 unspecified atom stereocenters. The van der Waals surface area contributed by atoms with Crippen LogP contribution in [0.4, 0.5) is 8.78 Å². The smallest absolute Gasteiger partial charge is 0.252 e. The molecule has 0 fully saturated rings. The van der Waals surface area contributed by atoms with Crippen LogP contribution in [0.15, 0.2) is 0 Å². The molecule has 4 heteroatoms. The molecule has 0 aliphatic heterocycles. The number of primary amides is 1. The van der Waals surface area contributed by atoms with E-state index >= 15 is 0 Å². The standard InChI is InChI=1S/C6H11F2NO/c1-3-6(2,4(7)8)5(9)10/h4H,3H2,1-2H3,(H2,9,10)/t6-/m0/s1. The van der Waals surface area contributed by atoms with E-state index in [1.807, 2.05) is 0 Å². The van der Waals surface area contributed by atoms with Crippen molar-refractivity contribution in [2.45, 2.75) is 26.7 Å². The first-order valence-corrected chi connectivity index (χ1v) is 3.03. The second-order valence-electron chi connectivity index (χ2n) is 2.44. The average molecular weight is 151 g/mol. The van der Waals surface area contributed by atoms with E-state index < -0.39 is 17.7 Å². The normalized spacial score (nSPS) is 16.9. The third kappa shape index (κ3) is 1.43. The zero-order valence-corrected chi connectivity index (χ0v) is 6.03. The summed E-state index contributed by atoms with van der Waals surface area (Å²) in [7, 11) is 0. The second kappa shape index (κ2) is 2.94. The lowest BCUT2D eigenvalue weighted by molar-refractivity contribution is -0.135. The average Bonchev–Trinajstić information content (AvgIpc) is 1.85. The maximum Gasteiger partial charge on any atom is 0.252 e. The predicted molar refractivity (Wildman–Crippen MR) is 33.6 cm³/mol. The summed E-state index contributed by atoms with van der Waals surface area (Å²) < 4.78 is 24.1. The third-order valence-corrected chi connectivity index (χ3v) is 1.78. The molecule has 0 rings (SSSR count). The summed E-state index contributed by atoms with van der Waals surface area (Å²) in [5, 5.41) is 0. The molecule has 0 aliphatic carbocycles. The van der Waals surface area contributed by atoms with Crippen LogP contribution >= 0.6 is 0 Å². The summed E-state index contributed by atoms with van der Waals surface area (Å²) in [6.07, 6.45) is -2.60. The summed E-state index contributed by atoms with van der Waals surface area (Å²) in [5.41, 5.74) is 3.11.